The fourth-order valence-electron chi connectivity index (χ4n) is 1.88. The van der Waals surface area contributed by atoms with E-state index >= 15 is 0 Å². The number of rotatable bonds is 1. The largest absolute Gasteiger partial charge is 0.317 e. The van der Waals surface area contributed by atoms with Gasteiger partial charge in [0, 0.05) is 1.43 Å². The zero-order valence-corrected chi connectivity index (χ0v) is 7.29. The van der Waals surface area contributed by atoms with Crippen LogP contribution in [0.4, 0.5) is 0 Å². The zero-order chi connectivity index (χ0) is 8.23. The van der Waals surface area contributed by atoms with Crippen LogP contribution in [0.25, 0.3) is 0 Å². The Labute approximate surface area is 75.3 Å². The van der Waals surface area contributed by atoms with Crippen molar-refractivity contribution >= 4 is 0 Å². The molecule has 1 aliphatic rings. The van der Waals surface area contributed by atoms with Crippen LogP contribution in [0.1, 0.15) is 25.7 Å². The van der Waals surface area contributed by atoms with Crippen LogP contribution in [0.3, 0.4) is 0 Å². The number of benzene rings is 1. The van der Waals surface area contributed by atoms with Crippen LogP contribution in [-0.4, -0.2) is 13.1 Å². The van der Waals surface area contributed by atoms with E-state index in [9.17, 15) is 0 Å². The highest BCUT2D eigenvalue weighted by Crippen LogP contribution is 2.24. The number of piperidine rings is 1. The van der Waals surface area contributed by atoms with Gasteiger partial charge in [0.1, 0.15) is 0 Å². The molecular weight excluding hydrogens is 146 g/mol. The van der Waals surface area contributed by atoms with E-state index in [1.807, 2.05) is 0 Å². The molecule has 1 fully saturated rings. The first-order valence-electron chi connectivity index (χ1n) is 4.72. The van der Waals surface area contributed by atoms with E-state index in [0.29, 0.717) is 0 Å². The Balaban J connectivity index is 0.000000845. The molecule has 0 unspecified atom stereocenters. The highest BCUT2D eigenvalue weighted by atomic mass is 14.9. The lowest BCUT2D eigenvalue weighted by atomic mass is 9.90. The summed E-state index contributed by atoms with van der Waals surface area (Å²) in [6.45, 7) is 2.36. The Hall–Kier alpha value is -0.820. The Morgan fingerprint density at radius 1 is 1.08 bits per heavy atom. The predicted octanol–water partition coefficient (Wildman–Crippen LogP) is 2.40. The van der Waals surface area contributed by atoms with Crippen molar-refractivity contribution in [3.8, 4) is 0 Å². The fraction of sp³-hybridized carbons (Fsp3) is 0.455. The second-order valence-electron chi connectivity index (χ2n) is 3.43. The summed E-state index contributed by atoms with van der Waals surface area (Å²) in [6, 6.07) is 10.9. The minimum atomic E-state index is 0. The molecule has 66 valence electrons. The summed E-state index contributed by atoms with van der Waals surface area (Å²) in [5.41, 5.74) is 1.51. The van der Waals surface area contributed by atoms with E-state index in [1.165, 1.54) is 31.5 Å². The first-order chi connectivity index (χ1) is 5.97. The molecule has 0 aromatic heterocycles. The molecule has 1 heterocycles. The lowest BCUT2D eigenvalue weighted by Crippen LogP contribution is -2.26. The van der Waals surface area contributed by atoms with Gasteiger partial charge in [0.05, 0.1) is 0 Å². The van der Waals surface area contributed by atoms with E-state index in [1.54, 1.807) is 0 Å². The number of hydrogen-bond donors (Lipinski definition) is 1. The number of hydrogen-bond acceptors (Lipinski definition) is 1. The van der Waals surface area contributed by atoms with Gasteiger partial charge in [-0.2, -0.15) is 0 Å². The van der Waals surface area contributed by atoms with Crippen LogP contribution < -0.4 is 5.32 Å². The maximum Gasteiger partial charge on any atom is 0 e. The van der Waals surface area contributed by atoms with Gasteiger partial charge in [0.15, 0.2) is 0 Å². The molecule has 0 aliphatic carbocycles. The Kier molecular flexibility index (Phi) is 2.42. The van der Waals surface area contributed by atoms with E-state index in [4.69, 9.17) is 0 Å². The fourth-order valence-corrected chi connectivity index (χ4v) is 1.88. The minimum Gasteiger partial charge on any atom is -0.317 e. The average Bonchev–Trinajstić information content (AvgIpc) is 2.21. The quantitative estimate of drug-likeness (QED) is 0.670. The molecule has 0 radical (unpaired) electrons. The second kappa shape index (κ2) is 3.72. The summed E-state index contributed by atoms with van der Waals surface area (Å²) in [4.78, 5) is 0. The van der Waals surface area contributed by atoms with Crippen molar-refractivity contribution in [3.63, 3.8) is 0 Å². The highest BCUT2D eigenvalue weighted by molar-refractivity contribution is 5.19. The molecule has 1 aliphatic heterocycles. The van der Waals surface area contributed by atoms with Crippen LogP contribution in [0.5, 0.6) is 0 Å². The third kappa shape index (κ3) is 1.67. The van der Waals surface area contributed by atoms with Crippen molar-refractivity contribution in [2.24, 2.45) is 0 Å². The van der Waals surface area contributed by atoms with Gasteiger partial charge in [-0.05, 0) is 37.4 Å². The second-order valence-corrected chi connectivity index (χ2v) is 3.43. The van der Waals surface area contributed by atoms with E-state index in [0.717, 1.165) is 5.92 Å². The van der Waals surface area contributed by atoms with Crippen molar-refractivity contribution in [2.45, 2.75) is 18.8 Å². The lowest BCUT2D eigenvalue weighted by molar-refractivity contribution is 0.460. The van der Waals surface area contributed by atoms with Gasteiger partial charge in [-0.15, -0.1) is 0 Å². The summed E-state index contributed by atoms with van der Waals surface area (Å²) in [7, 11) is 0. The molecule has 0 amide bonds. The molecule has 1 nitrogen and oxygen atoms in total. The molecule has 0 bridgehead atoms. The molecule has 2 rings (SSSR count). The zero-order valence-electron chi connectivity index (χ0n) is 7.29. The van der Waals surface area contributed by atoms with Crippen LogP contribution in [-0.2, 0) is 0 Å². The van der Waals surface area contributed by atoms with Gasteiger partial charge in [0.25, 0.3) is 0 Å². The van der Waals surface area contributed by atoms with Crippen LogP contribution in [0.2, 0.25) is 0 Å². The summed E-state index contributed by atoms with van der Waals surface area (Å²) >= 11 is 0. The van der Waals surface area contributed by atoms with Crippen molar-refractivity contribution in [1.82, 2.24) is 5.32 Å². The molecular formula is C11H17N. The molecule has 1 saturated heterocycles. The lowest BCUT2D eigenvalue weighted by Gasteiger charge is -2.22. The van der Waals surface area contributed by atoms with Gasteiger partial charge in [-0.1, -0.05) is 30.3 Å². The van der Waals surface area contributed by atoms with Crippen molar-refractivity contribution in [1.29, 1.82) is 0 Å². The molecule has 0 saturated carbocycles. The molecule has 1 N–H and O–H groups in total. The van der Waals surface area contributed by atoms with Gasteiger partial charge < -0.3 is 5.32 Å². The monoisotopic (exact) mass is 163 g/mol. The summed E-state index contributed by atoms with van der Waals surface area (Å²) in [5, 5.41) is 3.38. The molecule has 0 atom stereocenters. The minimum absolute atomic E-state index is 0. The predicted molar refractivity (Wildman–Crippen MR) is 53.4 cm³/mol. The Morgan fingerprint density at radius 2 is 1.75 bits per heavy atom. The summed E-state index contributed by atoms with van der Waals surface area (Å²) < 4.78 is 0. The van der Waals surface area contributed by atoms with Gasteiger partial charge in [-0.25, -0.2) is 0 Å². The van der Waals surface area contributed by atoms with Gasteiger partial charge in [-0.3, -0.25) is 0 Å². The maximum absolute atomic E-state index is 3.38. The van der Waals surface area contributed by atoms with Crippen LogP contribution in [0, 0.1) is 0 Å². The highest BCUT2D eigenvalue weighted by Gasteiger charge is 2.13. The molecule has 0 spiro atoms. The Bertz CT molecular complexity index is 229. The van der Waals surface area contributed by atoms with Crippen molar-refractivity contribution in [2.75, 3.05) is 13.1 Å². The third-order valence-corrected chi connectivity index (χ3v) is 2.61. The van der Waals surface area contributed by atoms with Crippen LogP contribution in [0.15, 0.2) is 30.3 Å². The smallest absolute Gasteiger partial charge is 0 e. The standard InChI is InChI=1S/C11H15N.H2/c1-2-4-10(5-3-1)11-6-8-12-9-7-11;/h1-5,11-12H,6-9H2;1H. The van der Waals surface area contributed by atoms with Gasteiger partial charge in [0.2, 0.25) is 0 Å². The van der Waals surface area contributed by atoms with Crippen molar-refractivity contribution < 1.29 is 1.43 Å². The number of nitrogens with one attached hydrogen (secondary N) is 1. The first-order valence-corrected chi connectivity index (χ1v) is 4.72. The molecule has 12 heavy (non-hydrogen) atoms. The van der Waals surface area contributed by atoms with E-state index in [-0.39, 0.29) is 1.43 Å². The molecule has 1 aromatic carbocycles. The van der Waals surface area contributed by atoms with E-state index in [2.05, 4.69) is 35.6 Å². The van der Waals surface area contributed by atoms with Gasteiger partial charge >= 0.3 is 0 Å². The third-order valence-electron chi connectivity index (χ3n) is 2.61. The SMILES string of the molecule is [HH].c1ccc(C2CCNCC2)cc1. The maximum atomic E-state index is 3.38. The summed E-state index contributed by atoms with van der Waals surface area (Å²) in [5.74, 6) is 0.799. The van der Waals surface area contributed by atoms with Crippen molar-refractivity contribution in [3.05, 3.63) is 35.9 Å². The average molecular weight is 163 g/mol. The molecule has 1 aromatic rings. The van der Waals surface area contributed by atoms with Crippen LogP contribution >= 0.6 is 0 Å². The first kappa shape index (κ1) is 7.81. The Morgan fingerprint density at radius 3 is 2.42 bits per heavy atom. The topological polar surface area (TPSA) is 12.0 Å². The molecule has 1 heteroatoms. The van der Waals surface area contributed by atoms with E-state index < -0.39 is 0 Å². The normalized spacial score (nSPS) is 19.3. The summed E-state index contributed by atoms with van der Waals surface area (Å²) in [6.07, 6.45) is 2.59.